The van der Waals surface area contributed by atoms with E-state index in [9.17, 15) is 4.79 Å². The minimum Gasteiger partial charge on any atom is -0.394 e. The largest absolute Gasteiger partial charge is 0.394 e. The summed E-state index contributed by atoms with van der Waals surface area (Å²) in [7, 11) is 1.61. The van der Waals surface area contributed by atoms with E-state index >= 15 is 0 Å². The van der Waals surface area contributed by atoms with Crippen LogP contribution in [-0.2, 0) is 0 Å². The zero-order chi connectivity index (χ0) is 14.5. The topological polar surface area (TPSA) is 78.6 Å². The van der Waals surface area contributed by atoms with Crippen LogP contribution in [-0.4, -0.2) is 40.9 Å². The highest BCUT2D eigenvalue weighted by Crippen LogP contribution is 2.22. The number of nitrogens with zero attached hydrogens (tertiary/aromatic N) is 2. The van der Waals surface area contributed by atoms with Crippen LogP contribution in [0.2, 0.25) is 0 Å². The highest BCUT2D eigenvalue weighted by atomic mass is 16.5. The van der Waals surface area contributed by atoms with Crippen molar-refractivity contribution in [2.75, 3.05) is 19.0 Å². The van der Waals surface area contributed by atoms with Crippen molar-refractivity contribution >= 4 is 11.8 Å². The molecule has 6 heteroatoms. The number of aromatic nitrogens is 1. The monoisotopic (exact) mass is 275 g/mol. The van der Waals surface area contributed by atoms with E-state index in [4.69, 9.17) is 9.63 Å². The van der Waals surface area contributed by atoms with E-state index in [1.54, 1.807) is 20.0 Å². The van der Waals surface area contributed by atoms with Gasteiger partial charge in [-0.25, -0.2) is 4.79 Å². The number of rotatable bonds is 4. The third-order valence-corrected chi connectivity index (χ3v) is 3.05. The Bertz CT molecular complexity index is 568. The van der Waals surface area contributed by atoms with Gasteiger partial charge >= 0.3 is 6.03 Å². The smallest absolute Gasteiger partial charge is 0.323 e. The summed E-state index contributed by atoms with van der Waals surface area (Å²) in [4.78, 5) is 13.3. The Morgan fingerprint density at radius 3 is 2.80 bits per heavy atom. The number of amides is 2. The van der Waals surface area contributed by atoms with E-state index in [2.05, 4.69) is 10.5 Å². The maximum atomic E-state index is 11.9. The van der Waals surface area contributed by atoms with Crippen molar-refractivity contribution in [2.45, 2.75) is 13.0 Å². The summed E-state index contributed by atoms with van der Waals surface area (Å²) in [6.07, 6.45) is 0. The first-order valence-corrected chi connectivity index (χ1v) is 6.28. The maximum Gasteiger partial charge on any atom is 0.323 e. The fourth-order valence-electron chi connectivity index (χ4n) is 1.59. The summed E-state index contributed by atoms with van der Waals surface area (Å²) in [6, 6.07) is 10.5. The quantitative estimate of drug-likeness (QED) is 0.896. The summed E-state index contributed by atoms with van der Waals surface area (Å²) < 4.78 is 5.19. The van der Waals surface area contributed by atoms with Crippen LogP contribution >= 0.6 is 0 Å². The number of hydrogen-bond donors (Lipinski definition) is 2. The summed E-state index contributed by atoms with van der Waals surface area (Å²) in [5.41, 5.74) is 0.887. The number of likely N-dealkylation sites (N-methyl/N-ethyl adjacent to an activating group) is 1. The molecule has 0 aliphatic heterocycles. The number of benzene rings is 1. The van der Waals surface area contributed by atoms with Gasteiger partial charge in [-0.15, -0.1) is 0 Å². The number of anilines is 1. The molecule has 0 saturated heterocycles. The highest BCUT2D eigenvalue weighted by molar-refractivity contribution is 5.88. The van der Waals surface area contributed by atoms with Crippen molar-refractivity contribution in [3.63, 3.8) is 0 Å². The van der Waals surface area contributed by atoms with Gasteiger partial charge in [-0.1, -0.05) is 35.5 Å². The number of hydrogen-bond acceptors (Lipinski definition) is 4. The number of aliphatic hydroxyl groups is 1. The normalized spacial score (nSPS) is 11.9. The van der Waals surface area contributed by atoms with E-state index in [-0.39, 0.29) is 18.7 Å². The Hall–Kier alpha value is -2.34. The van der Waals surface area contributed by atoms with Gasteiger partial charge in [0, 0.05) is 18.7 Å². The predicted molar refractivity (Wildman–Crippen MR) is 75.3 cm³/mol. The summed E-state index contributed by atoms with van der Waals surface area (Å²) in [5, 5.41) is 15.4. The minimum atomic E-state index is -0.348. The lowest BCUT2D eigenvalue weighted by Crippen LogP contribution is -2.40. The molecule has 106 valence electrons. The Kier molecular flexibility index (Phi) is 4.37. The molecule has 1 heterocycles. The van der Waals surface area contributed by atoms with Crippen LogP contribution in [0.3, 0.4) is 0 Å². The van der Waals surface area contributed by atoms with Crippen LogP contribution in [0, 0.1) is 0 Å². The second-order valence-corrected chi connectivity index (χ2v) is 4.52. The molecule has 1 atom stereocenters. The highest BCUT2D eigenvalue weighted by Gasteiger charge is 2.16. The Morgan fingerprint density at radius 2 is 2.15 bits per heavy atom. The van der Waals surface area contributed by atoms with Gasteiger partial charge in [0.05, 0.1) is 12.6 Å². The first-order chi connectivity index (χ1) is 9.61. The second-order valence-electron chi connectivity index (χ2n) is 4.52. The molecule has 0 radical (unpaired) electrons. The van der Waals surface area contributed by atoms with Crippen LogP contribution in [0.15, 0.2) is 40.9 Å². The SMILES string of the molecule is CC(CO)N(C)C(=O)Nc1cc(-c2ccccc2)on1. The molecule has 20 heavy (non-hydrogen) atoms. The van der Waals surface area contributed by atoms with E-state index < -0.39 is 0 Å². The number of carbonyl (C=O) groups excluding carboxylic acids is 1. The van der Waals surface area contributed by atoms with Gasteiger partial charge in [0.1, 0.15) is 0 Å². The lowest BCUT2D eigenvalue weighted by molar-refractivity contribution is 0.166. The second kappa shape index (κ2) is 6.21. The fourth-order valence-corrected chi connectivity index (χ4v) is 1.59. The van der Waals surface area contributed by atoms with Crippen molar-refractivity contribution in [2.24, 2.45) is 0 Å². The Morgan fingerprint density at radius 1 is 1.45 bits per heavy atom. The molecule has 2 N–H and O–H groups in total. The van der Waals surface area contributed by atoms with Gasteiger partial charge in [0.2, 0.25) is 0 Å². The van der Waals surface area contributed by atoms with Crippen molar-refractivity contribution in [1.82, 2.24) is 10.1 Å². The van der Waals surface area contributed by atoms with Crippen LogP contribution in [0.1, 0.15) is 6.92 Å². The van der Waals surface area contributed by atoms with Crippen molar-refractivity contribution in [1.29, 1.82) is 0 Å². The van der Waals surface area contributed by atoms with Gasteiger partial charge in [-0.3, -0.25) is 5.32 Å². The van der Waals surface area contributed by atoms with E-state index in [0.29, 0.717) is 11.6 Å². The molecule has 0 spiro atoms. The summed E-state index contributed by atoms with van der Waals surface area (Å²) >= 11 is 0. The minimum absolute atomic E-state index is 0.0992. The molecule has 1 aromatic carbocycles. The van der Waals surface area contributed by atoms with Crippen LogP contribution in [0.4, 0.5) is 10.6 Å². The molecule has 0 aliphatic carbocycles. The predicted octanol–water partition coefficient (Wildman–Crippen LogP) is 2.19. The molecule has 0 saturated carbocycles. The van der Waals surface area contributed by atoms with Crippen LogP contribution in [0.5, 0.6) is 0 Å². The fraction of sp³-hybridized carbons (Fsp3) is 0.286. The first kappa shape index (κ1) is 14.1. The number of nitrogens with one attached hydrogen (secondary N) is 1. The van der Waals surface area contributed by atoms with Gasteiger partial charge in [-0.05, 0) is 6.92 Å². The van der Waals surface area contributed by atoms with Crippen LogP contribution in [0.25, 0.3) is 11.3 Å². The standard InChI is InChI=1S/C14H17N3O3/c1-10(9-18)17(2)14(19)15-13-8-12(20-16-13)11-6-4-3-5-7-11/h3-8,10,18H,9H2,1-2H3,(H,15,16,19). The van der Waals surface area contributed by atoms with Crippen LogP contribution < -0.4 is 5.32 Å². The van der Waals surface area contributed by atoms with Gasteiger partial charge < -0.3 is 14.5 Å². The van der Waals surface area contributed by atoms with Crippen molar-refractivity contribution in [3.05, 3.63) is 36.4 Å². The maximum absolute atomic E-state index is 11.9. The average Bonchev–Trinajstić information content (AvgIpc) is 2.95. The Labute approximate surface area is 117 Å². The summed E-state index contributed by atoms with van der Waals surface area (Å²) in [5.74, 6) is 0.921. The van der Waals surface area contributed by atoms with E-state index in [0.717, 1.165) is 5.56 Å². The van der Waals surface area contributed by atoms with Crippen molar-refractivity contribution < 1.29 is 14.4 Å². The molecule has 2 aromatic rings. The van der Waals surface area contributed by atoms with E-state index in [1.807, 2.05) is 30.3 Å². The van der Waals surface area contributed by atoms with Gasteiger partial charge in [-0.2, -0.15) is 0 Å². The lowest BCUT2D eigenvalue weighted by atomic mass is 10.2. The average molecular weight is 275 g/mol. The molecule has 0 fully saturated rings. The first-order valence-electron chi connectivity index (χ1n) is 6.28. The lowest BCUT2D eigenvalue weighted by Gasteiger charge is -2.22. The summed E-state index contributed by atoms with van der Waals surface area (Å²) in [6.45, 7) is 1.65. The Balaban J connectivity index is 2.05. The number of aliphatic hydroxyl groups excluding tert-OH is 1. The molecule has 2 amide bonds. The zero-order valence-corrected chi connectivity index (χ0v) is 11.4. The third kappa shape index (κ3) is 3.16. The molecule has 0 bridgehead atoms. The molecule has 6 nitrogen and oxygen atoms in total. The zero-order valence-electron chi connectivity index (χ0n) is 11.4. The molecule has 2 rings (SSSR count). The molecule has 1 unspecified atom stereocenters. The van der Waals surface area contributed by atoms with E-state index in [1.165, 1.54) is 4.90 Å². The van der Waals surface area contributed by atoms with Gasteiger partial charge in [0.25, 0.3) is 0 Å². The number of urea groups is 1. The molecular formula is C14H17N3O3. The molecule has 0 aliphatic rings. The van der Waals surface area contributed by atoms with Gasteiger partial charge in [0.15, 0.2) is 11.6 Å². The van der Waals surface area contributed by atoms with Crippen molar-refractivity contribution in [3.8, 4) is 11.3 Å². The number of carbonyl (C=O) groups is 1. The third-order valence-electron chi connectivity index (χ3n) is 3.05. The molecular weight excluding hydrogens is 258 g/mol. The molecule has 1 aromatic heterocycles.